The van der Waals surface area contributed by atoms with Crippen LogP contribution in [-0.2, 0) is 9.53 Å². The summed E-state index contributed by atoms with van der Waals surface area (Å²) in [5, 5.41) is 26.5. The molecule has 5 N–H and O–H groups in total. The van der Waals surface area contributed by atoms with Gasteiger partial charge in [0.1, 0.15) is 6.10 Å². The van der Waals surface area contributed by atoms with E-state index in [4.69, 9.17) is 21.1 Å². The summed E-state index contributed by atoms with van der Waals surface area (Å²) >= 11 is 0. The largest absolute Gasteiger partial charge is 0.479 e. The van der Waals surface area contributed by atoms with Crippen molar-refractivity contribution in [3.63, 3.8) is 0 Å². The fourth-order valence-electron chi connectivity index (χ4n) is 1.06. The number of aliphatic hydroxyl groups is 2. The maximum atomic E-state index is 10.4. The molecule has 0 aliphatic carbocycles. The maximum Gasteiger partial charge on any atom is 0.333 e. The molecule has 1 saturated heterocycles. The molecular weight excluding hydrogens is 166 g/mol. The highest BCUT2D eigenvalue weighted by atomic mass is 16.6. The average molecular weight is 177 g/mol. The lowest BCUT2D eigenvalue weighted by atomic mass is 10.0. The van der Waals surface area contributed by atoms with Gasteiger partial charge in [0.2, 0.25) is 0 Å². The first-order valence-electron chi connectivity index (χ1n) is 3.52. The molecule has 0 saturated carbocycles. The smallest absolute Gasteiger partial charge is 0.333 e. The van der Waals surface area contributed by atoms with Gasteiger partial charge >= 0.3 is 5.97 Å². The van der Waals surface area contributed by atoms with E-state index in [2.05, 4.69) is 4.74 Å². The molecule has 1 fully saturated rings. The summed E-state index contributed by atoms with van der Waals surface area (Å²) in [7, 11) is 0. The first-order chi connectivity index (χ1) is 5.52. The van der Waals surface area contributed by atoms with Crippen molar-refractivity contribution in [2.45, 2.75) is 31.0 Å². The van der Waals surface area contributed by atoms with E-state index in [9.17, 15) is 4.79 Å². The molecule has 0 spiro atoms. The molecule has 1 rings (SSSR count). The third-order valence-corrected chi connectivity index (χ3v) is 1.80. The van der Waals surface area contributed by atoms with Gasteiger partial charge in [-0.3, -0.25) is 0 Å². The summed E-state index contributed by atoms with van der Waals surface area (Å²) in [6, 6.07) is -0.755. The lowest BCUT2D eigenvalue weighted by Crippen LogP contribution is -2.54. The van der Waals surface area contributed by atoms with Crippen molar-refractivity contribution >= 4 is 5.97 Å². The third-order valence-electron chi connectivity index (χ3n) is 1.80. The van der Waals surface area contributed by atoms with Crippen molar-refractivity contribution < 1.29 is 24.9 Å². The van der Waals surface area contributed by atoms with Gasteiger partial charge < -0.3 is 25.8 Å². The van der Waals surface area contributed by atoms with Crippen LogP contribution in [0.3, 0.4) is 0 Å². The lowest BCUT2D eigenvalue weighted by molar-refractivity contribution is -0.226. The van der Waals surface area contributed by atoms with Gasteiger partial charge in [0.25, 0.3) is 0 Å². The van der Waals surface area contributed by atoms with Gasteiger partial charge in [-0.1, -0.05) is 0 Å². The van der Waals surface area contributed by atoms with E-state index in [1.807, 2.05) is 0 Å². The Labute approximate surface area is 68.6 Å². The zero-order valence-electron chi connectivity index (χ0n) is 6.25. The highest BCUT2D eigenvalue weighted by molar-refractivity contribution is 5.72. The summed E-state index contributed by atoms with van der Waals surface area (Å²) in [6.07, 6.45) is -3.83. The minimum atomic E-state index is -1.50. The number of carboxylic acid groups (broad SMARTS) is 1. The molecule has 1 aliphatic heterocycles. The molecule has 0 amide bonds. The molecule has 6 heteroatoms. The fraction of sp³-hybridized carbons (Fsp3) is 0.833. The van der Waals surface area contributed by atoms with Crippen LogP contribution in [0.15, 0.2) is 0 Å². The van der Waals surface area contributed by atoms with Crippen LogP contribution in [0.4, 0.5) is 0 Å². The zero-order valence-corrected chi connectivity index (χ0v) is 6.25. The predicted molar refractivity (Wildman–Crippen MR) is 37.1 cm³/mol. The number of hydrogen-bond acceptors (Lipinski definition) is 5. The summed E-state index contributed by atoms with van der Waals surface area (Å²) in [5.41, 5.74) is 5.34. The highest BCUT2D eigenvalue weighted by Gasteiger charge is 2.37. The SMILES string of the molecule is N[C@H]1C[C@@H](C(=O)O)O[C@@H](O)[C@@H]1O. The molecule has 0 unspecified atom stereocenters. The van der Waals surface area contributed by atoms with E-state index in [0.717, 1.165) is 0 Å². The second-order valence-electron chi connectivity index (χ2n) is 2.74. The van der Waals surface area contributed by atoms with E-state index in [1.165, 1.54) is 0 Å². The molecule has 0 aromatic rings. The van der Waals surface area contributed by atoms with Crippen LogP contribution >= 0.6 is 0 Å². The van der Waals surface area contributed by atoms with Crippen molar-refractivity contribution in [2.75, 3.05) is 0 Å². The van der Waals surface area contributed by atoms with Gasteiger partial charge in [0.15, 0.2) is 12.4 Å². The summed E-state index contributed by atoms with van der Waals surface area (Å²) < 4.78 is 4.56. The number of nitrogens with two attached hydrogens (primary N) is 1. The Bertz CT molecular complexity index is 173. The number of rotatable bonds is 1. The molecule has 1 aliphatic rings. The molecule has 1 heterocycles. The van der Waals surface area contributed by atoms with E-state index in [0.29, 0.717) is 0 Å². The Kier molecular flexibility index (Phi) is 2.63. The van der Waals surface area contributed by atoms with Gasteiger partial charge in [0.05, 0.1) is 0 Å². The van der Waals surface area contributed by atoms with Crippen LogP contribution < -0.4 is 5.73 Å². The molecule has 12 heavy (non-hydrogen) atoms. The van der Waals surface area contributed by atoms with Crippen LogP contribution in [0.5, 0.6) is 0 Å². The van der Waals surface area contributed by atoms with Gasteiger partial charge in [-0.25, -0.2) is 4.79 Å². The molecule has 6 nitrogen and oxygen atoms in total. The van der Waals surface area contributed by atoms with Crippen LogP contribution in [0.25, 0.3) is 0 Å². The average Bonchev–Trinajstić information content (AvgIpc) is 1.99. The number of aliphatic hydroxyl groups excluding tert-OH is 2. The minimum absolute atomic E-state index is 0.00750. The van der Waals surface area contributed by atoms with Gasteiger partial charge in [-0.15, -0.1) is 0 Å². The van der Waals surface area contributed by atoms with Gasteiger partial charge in [-0.2, -0.15) is 0 Å². The maximum absolute atomic E-state index is 10.4. The summed E-state index contributed by atoms with van der Waals surface area (Å²) in [6.45, 7) is 0. The first-order valence-corrected chi connectivity index (χ1v) is 3.52. The zero-order chi connectivity index (χ0) is 9.30. The Morgan fingerprint density at radius 1 is 1.50 bits per heavy atom. The first kappa shape index (κ1) is 9.40. The Balaban J connectivity index is 2.59. The Morgan fingerprint density at radius 2 is 2.08 bits per heavy atom. The normalized spacial score (nSPS) is 42.6. The molecule has 70 valence electrons. The number of carbonyl (C=O) groups is 1. The van der Waals surface area contributed by atoms with E-state index in [1.54, 1.807) is 0 Å². The lowest BCUT2D eigenvalue weighted by Gasteiger charge is -2.32. The predicted octanol–water partition coefficient (Wildman–Crippen LogP) is -2.13. The van der Waals surface area contributed by atoms with Gasteiger partial charge in [-0.05, 0) is 0 Å². The van der Waals surface area contributed by atoms with Gasteiger partial charge in [0, 0.05) is 12.5 Å². The molecule has 0 radical (unpaired) electrons. The number of carboxylic acids is 1. The summed E-state index contributed by atoms with van der Waals surface area (Å²) in [4.78, 5) is 10.4. The third kappa shape index (κ3) is 1.72. The standard InChI is InChI=1S/C6H11NO5/c7-2-1-3(5(9)10)12-6(11)4(2)8/h2-4,6,8,11H,1,7H2,(H,9,10)/t2-,3-,4+,6+/m0/s1. The van der Waals surface area contributed by atoms with E-state index < -0.39 is 30.5 Å². The molecule has 0 bridgehead atoms. The van der Waals surface area contributed by atoms with Crippen molar-refractivity contribution in [3.8, 4) is 0 Å². The van der Waals surface area contributed by atoms with Crippen LogP contribution in [0.1, 0.15) is 6.42 Å². The molecular formula is C6H11NO5. The monoisotopic (exact) mass is 177 g/mol. The molecule has 0 aromatic heterocycles. The summed E-state index contributed by atoms with van der Waals surface area (Å²) in [5.74, 6) is -1.18. The van der Waals surface area contributed by atoms with E-state index in [-0.39, 0.29) is 6.42 Å². The minimum Gasteiger partial charge on any atom is -0.479 e. The Morgan fingerprint density at radius 3 is 2.50 bits per heavy atom. The van der Waals surface area contributed by atoms with Crippen LogP contribution in [-0.4, -0.2) is 45.8 Å². The van der Waals surface area contributed by atoms with E-state index >= 15 is 0 Å². The van der Waals surface area contributed by atoms with Crippen molar-refractivity contribution in [1.29, 1.82) is 0 Å². The van der Waals surface area contributed by atoms with Crippen molar-refractivity contribution in [2.24, 2.45) is 5.73 Å². The fourth-order valence-corrected chi connectivity index (χ4v) is 1.06. The quantitative estimate of drug-likeness (QED) is 0.364. The van der Waals surface area contributed by atoms with Crippen LogP contribution in [0, 0.1) is 0 Å². The van der Waals surface area contributed by atoms with Crippen molar-refractivity contribution in [1.82, 2.24) is 0 Å². The Hall–Kier alpha value is -0.690. The van der Waals surface area contributed by atoms with Crippen LogP contribution in [0.2, 0.25) is 0 Å². The molecule has 0 aromatic carbocycles. The number of aliphatic carboxylic acids is 1. The second-order valence-corrected chi connectivity index (χ2v) is 2.74. The highest BCUT2D eigenvalue weighted by Crippen LogP contribution is 2.17. The number of ether oxygens (including phenoxy) is 1. The number of hydrogen-bond donors (Lipinski definition) is 4. The van der Waals surface area contributed by atoms with Crippen molar-refractivity contribution in [3.05, 3.63) is 0 Å². The second kappa shape index (κ2) is 3.36. The topological polar surface area (TPSA) is 113 Å². The molecule has 4 atom stereocenters.